The maximum Gasteiger partial charge on any atom is 0.359 e. The predicted molar refractivity (Wildman–Crippen MR) is 115 cm³/mol. The Morgan fingerprint density at radius 2 is 1.13 bits per heavy atom. The minimum absolute atomic E-state index is 0.213. The SMILES string of the molecule is CCCCCCCC/C=C/CCCCCCC[N+](CC(=O)[O-])(CC(=O)O)CC(=O)O. The van der Waals surface area contributed by atoms with Gasteiger partial charge in [-0.15, -0.1) is 0 Å². The second-order valence-corrected chi connectivity index (χ2v) is 8.28. The number of rotatable bonds is 21. The second kappa shape index (κ2) is 17.9. The molecule has 0 bridgehead atoms. The molecule has 0 spiro atoms. The summed E-state index contributed by atoms with van der Waals surface area (Å²) in [4.78, 5) is 33.2. The highest BCUT2D eigenvalue weighted by molar-refractivity contribution is 5.72. The molecule has 0 unspecified atom stereocenters. The molecule has 7 heteroatoms. The number of carbonyl (C=O) groups excluding carboxylic acids is 1. The van der Waals surface area contributed by atoms with Crippen molar-refractivity contribution < 1.29 is 34.2 Å². The first-order valence-corrected chi connectivity index (χ1v) is 11.4. The summed E-state index contributed by atoms with van der Waals surface area (Å²) in [5.41, 5.74) is 0. The summed E-state index contributed by atoms with van der Waals surface area (Å²) in [5, 5.41) is 29.2. The maximum atomic E-state index is 11.1. The van der Waals surface area contributed by atoms with E-state index < -0.39 is 42.0 Å². The monoisotopic (exact) mass is 427 g/mol. The van der Waals surface area contributed by atoms with Gasteiger partial charge in [0, 0.05) is 0 Å². The summed E-state index contributed by atoms with van der Waals surface area (Å²) < 4.78 is -0.506. The molecule has 0 rings (SSSR count). The number of allylic oxidation sites excluding steroid dienone is 2. The molecule has 174 valence electrons. The van der Waals surface area contributed by atoms with Crippen molar-refractivity contribution in [2.75, 3.05) is 26.2 Å². The van der Waals surface area contributed by atoms with Crippen LogP contribution in [0.1, 0.15) is 90.4 Å². The average Bonchev–Trinajstić information content (AvgIpc) is 2.63. The van der Waals surface area contributed by atoms with Gasteiger partial charge in [0.15, 0.2) is 13.1 Å². The van der Waals surface area contributed by atoms with Crippen LogP contribution in [-0.4, -0.2) is 58.8 Å². The molecule has 0 aliphatic rings. The van der Waals surface area contributed by atoms with E-state index in [9.17, 15) is 19.5 Å². The number of hydrogen-bond acceptors (Lipinski definition) is 4. The third-order valence-corrected chi connectivity index (χ3v) is 5.30. The minimum Gasteiger partial charge on any atom is -0.544 e. The molecular weight excluding hydrogens is 386 g/mol. The highest BCUT2D eigenvalue weighted by Crippen LogP contribution is 2.13. The van der Waals surface area contributed by atoms with Gasteiger partial charge < -0.3 is 24.6 Å². The lowest BCUT2D eigenvalue weighted by Crippen LogP contribution is -2.59. The van der Waals surface area contributed by atoms with E-state index in [1.807, 2.05) is 0 Å². The highest BCUT2D eigenvalue weighted by Gasteiger charge is 2.33. The van der Waals surface area contributed by atoms with Crippen molar-refractivity contribution in [3.05, 3.63) is 12.2 Å². The Morgan fingerprint density at radius 1 is 0.700 bits per heavy atom. The van der Waals surface area contributed by atoms with Crippen molar-refractivity contribution >= 4 is 17.9 Å². The van der Waals surface area contributed by atoms with Crippen LogP contribution in [0.25, 0.3) is 0 Å². The van der Waals surface area contributed by atoms with Gasteiger partial charge in [-0.3, -0.25) is 0 Å². The number of aliphatic carboxylic acids is 3. The molecule has 0 aromatic rings. The molecule has 0 saturated carbocycles. The first-order chi connectivity index (χ1) is 14.3. The summed E-state index contributed by atoms with van der Waals surface area (Å²) in [7, 11) is 0. The van der Waals surface area contributed by atoms with E-state index in [0.29, 0.717) is 6.42 Å². The Kier molecular flexibility index (Phi) is 16.8. The van der Waals surface area contributed by atoms with Crippen molar-refractivity contribution in [1.82, 2.24) is 0 Å². The molecule has 2 N–H and O–H groups in total. The van der Waals surface area contributed by atoms with E-state index >= 15 is 0 Å². The highest BCUT2D eigenvalue weighted by atomic mass is 16.4. The third-order valence-electron chi connectivity index (χ3n) is 5.30. The zero-order valence-corrected chi connectivity index (χ0v) is 18.7. The number of carboxylic acids is 3. The van der Waals surface area contributed by atoms with E-state index in [0.717, 1.165) is 38.5 Å². The molecule has 0 aliphatic heterocycles. The van der Waals surface area contributed by atoms with Gasteiger partial charge in [0.25, 0.3) is 0 Å². The lowest BCUT2D eigenvalue weighted by atomic mass is 10.1. The molecule has 0 heterocycles. The van der Waals surface area contributed by atoms with Crippen LogP contribution in [0.2, 0.25) is 0 Å². The van der Waals surface area contributed by atoms with Gasteiger partial charge in [-0.25, -0.2) is 9.59 Å². The molecule has 0 radical (unpaired) electrons. The lowest BCUT2D eigenvalue weighted by molar-refractivity contribution is -0.909. The Labute approximate surface area is 181 Å². The Balaban J connectivity index is 3.98. The quantitative estimate of drug-likeness (QED) is 0.165. The zero-order valence-electron chi connectivity index (χ0n) is 18.7. The van der Waals surface area contributed by atoms with Gasteiger partial charge >= 0.3 is 11.9 Å². The van der Waals surface area contributed by atoms with Gasteiger partial charge in [-0.05, 0) is 38.5 Å². The second-order valence-electron chi connectivity index (χ2n) is 8.28. The van der Waals surface area contributed by atoms with Gasteiger partial charge in [-0.2, -0.15) is 0 Å². The first-order valence-electron chi connectivity index (χ1n) is 11.4. The molecule has 0 aliphatic carbocycles. The molecular formula is C23H41NO6. The Bertz CT molecular complexity index is 477. The topological polar surface area (TPSA) is 115 Å². The van der Waals surface area contributed by atoms with Crippen LogP contribution in [0.5, 0.6) is 0 Å². The molecule has 30 heavy (non-hydrogen) atoms. The summed E-state index contributed by atoms with van der Waals surface area (Å²) in [6.45, 7) is 0.797. The standard InChI is InChI=1S/C23H41NO6/c1-2-3-4-5-6-7-8-9-10-11-12-13-14-15-16-17-24(18-21(25)26,19-22(27)28)20-23(29)30/h9-10H,2-8,11-20H2,1H3,(H2-,25,26,27,28,29,30)/b10-9+. The van der Waals surface area contributed by atoms with Crippen LogP contribution in [0.4, 0.5) is 0 Å². The summed E-state index contributed by atoms with van der Waals surface area (Å²) >= 11 is 0. The fraction of sp³-hybridized carbons (Fsp3) is 0.783. The van der Waals surface area contributed by atoms with E-state index in [4.69, 9.17) is 10.2 Å². The van der Waals surface area contributed by atoms with Crippen molar-refractivity contribution in [2.24, 2.45) is 0 Å². The number of nitrogens with zero attached hydrogens (tertiary/aromatic N) is 1. The Morgan fingerprint density at radius 3 is 1.57 bits per heavy atom. The van der Waals surface area contributed by atoms with E-state index in [1.165, 1.54) is 38.5 Å². The van der Waals surface area contributed by atoms with Gasteiger partial charge in [0.1, 0.15) is 6.54 Å². The number of carboxylic acid groups (broad SMARTS) is 3. The maximum absolute atomic E-state index is 11.1. The summed E-state index contributed by atoms with van der Waals surface area (Å²) in [6, 6.07) is 0. The van der Waals surface area contributed by atoms with Gasteiger partial charge in [0.2, 0.25) is 0 Å². The van der Waals surface area contributed by atoms with Gasteiger partial charge in [-0.1, -0.05) is 64.0 Å². The van der Waals surface area contributed by atoms with E-state index in [-0.39, 0.29) is 6.54 Å². The number of unbranched alkanes of at least 4 members (excludes halogenated alkanes) is 11. The predicted octanol–water partition coefficient (Wildman–Crippen LogP) is 3.37. The van der Waals surface area contributed by atoms with Crippen molar-refractivity contribution in [2.45, 2.75) is 90.4 Å². The summed E-state index contributed by atoms with van der Waals surface area (Å²) in [5.74, 6) is -3.83. The van der Waals surface area contributed by atoms with Crippen LogP contribution >= 0.6 is 0 Å². The number of quaternary nitrogens is 1. The lowest BCUT2D eigenvalue weighted by Gasteiger charge is -2.36. The normalized spacial score (nSPS) is 11.8. The molecule has 0 fully saturated rings. The van der Waals surface area contributed by atoms with Crippen LogP contribution in [-0.2, 0) is 14.4 Å². The minimum atomic E-state index is -1.43. The van der Waals surface area contributed by atoms with E-state index in [1.54, 1.807) is 0 Å². The van der Waals surface area contributed by atoms with Crippen LogP contribution in [0.15, 0.2) is 12.2 Å². The molecule has 0 atom stereocenters. The molecule has 0 amide bonds. The summed E-state index contributed by atoms with van der Waals surface area (Å²) in [6.07, 6.45) is 19.1. The van der Waals surface area contributed by atoms with Crippen LogP contribution < -0.4 is 5.11 Å². The first kappa shape index (κ1) is 28.1. The largest absolute Gasteiger partial charge is 0.544 e. The van der Waals surface area contributed by atoms with Crippen LogP contribution in [0, 0.1) is 0 Å². The fourth-order valence-corrected chi connectivity index (χ4v) is 3.77. The molecule has 0 aromatic heterocycles. The van der Waals surface area contributed by atoms with E-state index in [2.05, 4.69) is 19.1 Å². The van der Waals surface area contributed by atoms with Crippen molar-refractivity contribution in [3.8, 4) is 0 Å². The zero-order chi connectivity index (χ0) is 22.7. The van der Waals surface area contributed by atoms with Crippen LogP contribution in [0.3, 0.4) is 0 Å². The molecule has 0 saturated heterocycles. The average molecular weight is 428 g/mol. The number of hydrogen-bond donors (Lipinski definition) is 2. The Hall–Kier alpha value is -1.89. The molecule has 0 aromatic carbocycles. The number of carbonyl (C=O) groups is 3. The fourth-order valence-electron chi connectivity index (χ4n) is 3.77. The van der Waals surface area contributed by atoms with Crippen molar-refractivity contribution in [1.29, 1.82) is 0 Å². The van der Waals surface area contributed by atoms with Gasteiger partial charge in [0.05, 0.1) is 12.5 Å². The molecule has 7 nitrogen and oxygen atoms in total. The smallest absolute Gasteiger partial charge is 0.359 e. The van der Waals surface area contributed by atoms with Crippen molar-refractivity contribution in [3.63, 3.8) is 0 Å². The third kappa shape index (κ3) is 17.0.